The molecule has 3 amide bonds. The lowest BCUT2D eigenvalue weighted by molar-refractivity contribution is -0.118. The van der Waals surface area contributed by atoms with Crippen molar-refractivity contribution in [3.05, 3.63) is 34.9 Å². The molecule has 2 rings (SSSR count). The number of urea groups is 1. The van der Waals surface area contributed by atoms with E-state index >= 15 is 0 Å². The maximum atomic E-state index is 11.1. The first kappa shape index (κ1) is 13.1. The lowest BCUT2D eigenvalue weighted by Gasteiger charge is -2.10. The Morgan fingerprint density at radius 2 is 1.94 bits per heavy atom. The average Bonchev–Trinajstić information content (AvgIpc) is 2.30. The fraction of sp³-hybridized carbons (Fsp3) is 0.250. The maximum Gasteiger partial charge on any atom is 0.347 e. The van der Waals surface area contributed by atoms with E-state index in [1.54, 1.807) is 11.8 Å². The van der Waals surface area contributed by atoms with Gasteiger partial charge < -0.3 is 0 Å². The van der Waals surface area contributed by atoms with Crippen molar-refractivity contribution in [2.75, 3.05) is 5.75 Å². The van der Waals surface area contributed by atoms with Gasteiger partial charge in [-0.25, -0.2) is 9.79 Å². The van der Waals surface area contributed by atoms with E-state index < -0.39 is 6.03 Å². The molecule has 0 atom stereocenters. The summed E-state index contributed by atoms with van der Waals surface area (Å²) >= 11 is 7.41. The first-order chi connectivity index (χ1) is 8.63. The number of carbonyl (C=O) groups is 2. The first-order valence-corrected chi connectivity index (χ1v) is 6.89. The molecular formula is C12H11ClN2O2S. The lowest BCUT2D eigenvalue weighted by atomic mass is 10.2. The summed E-state index contributed by atoms with van der Waals surface area (Å²) < 4.78 is 0. The van der Waals surface area contributed by atoms with Gasteiger partial charge in [-0.15, -0.1) is 0 Å². The second-order valence-electron chi connectivity index (χ2n) is 3.83. The molecule has 6 heteroatoms. The molecular weight excluding hydrogens is 272 g/mol. The van der Waals surface area contributed by atoms with Gasteiger partial charge in [0.25, 0.3) is 0 Å². The Kier molecular flexibility index (Phi) is 4.38. The Hall–Kier alpha value is -1.33. The molecule has 4 nitrogen and oxygen atoms in total. The number of nitrogens with zero attached hydrogens (tertiary/aromatic N) is 1. The summed E-state index contributed by atoms with van der Waals surface area (Å²) in [5.41, 5.74) is 1.78. The van der Waals surface area contributed by atoms with Crippen molar-refractivity contribution in [1.82, 2.24) is 5.32 Å². The van der Waals surface area contributed by atoms with Gasteiger partial charge in [-0.3, -0.25) is 10.1 Å². The molecule has 0 fully saturated rings. The number of halogens is 1. The van der Waals surface area contributed by atoms with Crippen molar-refractivity contribution in [3.8, 4) is 0 Å². The van der Waals surface area contributed by atoms with Crippen LogP contribution in [0, 0.1) is 0 Å². The molecule has 0 bridgehead atoms. The highest BCUT2D eigenvalue weighted by atomic mass is 35.5. The van der Waals surface area contributed by atoms with Crippen LogP contribution in [-0.2, 0) is 10.5 Å². The second kappa shape index (κ2) is 6.02. The van der Waals surface area contributed by atoms with Crippen molar-refractivity contribution in [1.29, 1.82) is 0 Å². The number of carbonyl (C=O) groups excluding carboxylic acids is 2. The van der Waals surface area contributed by atoms with Crippen LogP contribution in [-0.4, -0.2) is 23.4 Å². The number of rotatable bonds is 4. The van der Waals surface area contributed by atoms with E-state index in [9.17, 15) is 9.59 Å². The number of aliphatic imine (C=N–C) groups is 1. The normalized spacial score (nSPS) is 15.3. The molecule has 1 aromatic rings. The van der Waals surface area contributed by atoms with Gasteiger partial charge in [-0.05, 0) is 17.7 Å². The first-order valence-electron chi connectivity index (χ1n) is 5.36. The number of thioether (sulfide) groups is 1. The lowest BCUT2D eigenvalue weighted by Crippen LogP contribution is -2.35. The summed E-state index contributed by atoms with van der Waals surface area (Å²) in [7, 11) is 0. The SMILES string of the molecule is O=C1CC(CSCc2ccc(Cl)cc2)=NC(=O)N1. The molecule has 1 heterocycles. The summed E-state index contributed by atoms with van der Waals surface area (Å²) in [6.07, 6.45) is 0.208. The fourth-order valence-electron chi connectivity index (χ4n) is 1.51. The topological polar surface area (TPSA) is 58.5 Å². The van der Waals surface area contributed by atoms with Crippen LogP contribution in [0.2, 0.25) is 5.02 Å². The summed E-state index contributed by atoms with van der Waals surface area (Å²) in [4.78, 5) is 25.9. The van der Waals surface area contributed by atoms with Crippen LogP contribution in [0.15, 0.2) is 29.3 Å². The minimum Gasteiger partial charge on any atom is -0.276 e. The Morgan fingerprint density at radius 3 is 2.61 bits per heavy atom. The van der Waals surface area contributed by atoms with Crippen LogP contribution in [0.3, 0.4) is 0 Å². The standard InChI is InChI=1S/C12H11ClN2O2S/c13-9-3-1-8(2-4-9)6-18-7-10-5-11(16)15-12(17)14-10/h1-4H,5-7H2,(H,15,16,17). The van der Waals surface area contributed by atoms with Crippen LogP contribution < -0.4 is 5.32 Å². The largest absolute Gasteiger partial charge is 0.347 e. The number of amides is 3. The van der Waals surface area contributed by atoms with Crippen LogP contribution in [0.25, 0.3) is 0 Å². The zero-order chi connectivity index (χ0) is 13.0. The molecule has 94 valence electrons. The Balaban J connectivity index is 1.83. The van der Waals surface area contributed by atoms with E-state index in [0.717, 1.165) is 11.3 Å². The maximum absolute atomic E-state index is 11.1. The van der Waals surface area contributed by atoms with Crippen LogP contribution in [0.1, 0.15) is 12.0 Å². The quantitative estimate of drug-likeness (QED) is 0.923. The summed E-state index contributed by atoms with van der Waals surface area (Å²) in [5.74, 6) is 1.10. The van der Waals surface area contributed by atoms with Gasteiger partial charge in [0.05, 0.1) is 6.42 Å². The molecule has 0 unspecified atom stereocenters. The van der Waals surface area contributed by atoms with Gasteiger partial charge in [0.15, 0.2) is 0 Å². The molecule has 0 spiro atoms. The molecule has 0 aliphatic carbocycles. The third-order valence-corrected chi connectivity index (χ3v) is 3.65. The fourth-order valence-corrected chi connectivity index (χ4v) is 2.57. The van der Waals surface area contributed by atoms with Crippen molar-refractivity contribution in [3.63, 3.8) is 0 Å². The zero-order valence-electron chi connectivity index (χ0n) is 9.48. The van der Waals surface area contributed by atoms with E-state index in [4.69, 9.17) is 11.6 Å². The third kappa shape index (κ3) is 3.85. The van der Waals surface area contributed by atoms with Crippen molar-refractivity contribution < 1.29 is 9.59 Å². The third-order valence-electron chi connectivity index (χ3n) is 2.32. The van der Waals surface area contributed by atoms with E-state index in [1.807, 2.05) is 24.3 Å². The molecule has 0 aromatic heterocycles. The molecule has 1 aliphatic heterocycles. The number of hydrogen-bond donors (Lipinski definition) is 1. The minimum absolute atomic E-state index is 0.208. The molecule has 0 saturated carbocycles. The molecule has 0 saturated heterocycles. The molecule has 0 radical (unpaired) electrons. The predicted molar refractivity (Wildman–Crippen MR) is 73.2 cm³/mol. The number of imide groups is 1. The zero-order valence-corrected chi connectivity index (χ0v) is 11.1. The van der Waals surface area contributed by atoms with E-state index in [-0.39, 0.29) is 12.3 Å². The van der Waals surface area contributed by atoms with Gasteiger partial charge in [-0.1, -0.05) is 23.7 Å². The number of benzene rings is 1. The van der Waals surface area contributed by atoms with Crippen molar-refractivity contribution in [2.45, 2.75) is 12.2 Å². The van der Waals surface area contributed by atoms with Crippen LogP contribution in [0.5, 0.6) is 0 Å². The van der Waals surface area contributed by atoms with E-state index in [1.165, 1.54) is 0 Å². The number of hydrogen-bond acceptors (Lipinski definition) is 3. The highest BCUT2D eigenvalue weighted by Crippen LogP contribution is 2.16. The summed E-state index contributed by atoms with van der Waals surface area (Å²) in [6, 6.07) is 7.03. The van der Waals surface area contributed by atoms with Crippen LogP contribution in [0.4, 0.5) is 4.79 Å². The molecule has 1 aromatic carbocycles. The van der Waals surface area contributed by atoms with E-state index in [2.05, 4.69) is 10.3 Å². The summed E-state index contributed by atoms with van der Waals surface area (Å²) in [6.45, 7) is 0. The predicted octanol–water partition coefficient (Wildman–Crippen LogP) is 2.65. The average molecular weight is 283 g/mol. The van der Waals surface area contributed by atoms with Gasteiger partial charge in [0.2, 0.25) is 5.91 Å². The Bertz CT molecular complexity index is 499. The highest BCUT2D eigenvalue weighted by Gasteiger charge is 2.17. The molecule has 1 aliphatic rings. The van der Waals surface area contributed by atoms with Gasteiger partial charge in [0, 0.05) is 22.2 Å². The van der Waals surface area contributed by atoms with E-state index in [0.29, 0.717) is 16.5 Å². The Morgan fingerprint density at radius 1 is 1.22 bits per heavy atom. The Labute approximate surface area is 114 Å². The summed E-state index contributed by atoms with van der Waals surface area (Å²) in [5, 5.41) is 2.85. The van der Waals surface area contributed by atoms with Crippen molar-refractivity contribution in [2.24, 2.45) is 4.99 Å². The number of nitrogens with one attached hydrogen (secondary N) is 1. The smallest absolute Gasteiger partial charge is 0.276 e. The molecule has 18 heavy (non-hydrogen) atoms. The second-order valence-corrected chi connectivity index (χ2v) is 5.25. The molecule has 1 N–H and O–H groups in total. The van der Waals surface area contributed by atoms with Gasteiger partial charge >= 0.3 is 6.03 Å². The van der Waals surface area contributed by atoms with Crippen molar-refractivity contribution >= 4 is 41.0 Å². The van der Waals surface area contributed by atoms with Gasteiger partial charge in [0.1, 0.15) is 0 Å². The monoisotopic (exact) mass is 282 g/mol. The highest BCUT2D eigenvalue weighted by molar-refractivity contribution is 7.99. The van der Waals surface area contributed by atoms with Crippen LogP contribution >= 0.6 is 23.4 Å². The minimum atomic E-state index is -0.562. The van der Waals surface area contributed by atoms with Gasteiger partial charge in [-0.2, -0.15) is 11.8 Å².